The lowest BCUT2D eigenvalue weighted by atomic mass is 9.96. The lowest BCUT2D eigenvalue weighted by molar-refractivity contribution is 0.0880. The van der Waals surface area contributed by atoms with E-state index < -0.39 is 0 Å². The summed E-state index contributed by atoms with van der Waals surface area (Å²) >= 11 is 0. The summed E-state index contributed by atoms with van der Waals surface area (Å²) in [5, 5.41) is 3.31. The van der Waals surface area contributed by atoms with Gasteiger partial charge in [0.25, 0.3) is 5.91 Å². The zero-order valence-electron chi connectivity index (χ0n) is 12.6. The molecule has 0 radical (unpaired) electrons. The van der Waals surface area contributed by atoms with Crippen LogP contribution in [0.4, 0.5) is 5.69 Å². The number of hydrogen-bond donors (Lipinski definition) is 1. The molecule has 4 rings (SSSR count). The van der Waals surface area contributed by atoms with Gasteiger partial charge in [0, 0.05) is 6.54 Å². The highest BCUT2D eigenvalue weighted by Gasteiger charge is 2.45. The number of fused-ring (bicyclic) bond motifs is 1. The highest BCUT2D eigenvalue weighted by atomic mass is 16.2. The Kier molecular flexibility index (Phi) is 3.14. The van der Waals surface area contributed by atoms with Gasteiger partial charge in [0.05, 0.1) is 11.3 Å². The minimum atomic E-state index is -0.207. The highest BCUT2D eigenvalue weighted by Crippen LogP contribution is 2.41. The fourth-order valence-corrected chi connectivity index (χ4v) is 3.84. The maximum atomic E-state index is 12.5. The molecule has 2 aliphatic rings. The maximum Gasteiger partial charge on any atom is 0.255 e. The molecule has 0 bridgehead atoms. The van der Waals surface area contributed by atoms with Gasteiger partial charge in [-0.15, -0.1) is 0 Å². The van der Waals surface area contributed by atoms with E-state index in [1.165, 1.54) is 18.4 Å². The van der Waals surface area contributed by atoms with Crippen LogP contribution in [0.5, 0.6) is 0 Å². The summed E-state index contributed by atoms with van der Waals surface area (Å²) in [4.78, 5) is 14.9. The largest absolute Gasteiger partial charge is 0.344 e. The Bertz CT molecular complexity index is 690. The van der Waals surface area contributed by atoms with Gasteiger partial charge in [0.15, 0.2) is 0 Å². The van der Waals surface area contributed by atoms with E-state index in [1.807, 2.05) is 24.3 Å². The summed E-state index contributed by atoms with van der Waals surface area (Å²) in [7, 11) is 0. The van der Waals surface area contributed by atoms with Gasteiger partial charge in [-0.05, 0) is 43.4 Å². The Morgan fingerprint density at radius 3 is 2.41 bits per heavy atom. The number of benzene rings is 2. The molecule has 1 aliphatic carbocycles. The lowest BCUT2D eigenvalue weighted by Crippen LogP contribution is -2.62. The second-order valence-corrected chi connectivity index (χ2v) is 6.28. The van der Waals surface area contributed by atoms with Crippen LogP contribution in [0.1, 0.15) is 41.6 Å². The fraction of sp³-hybridized carbons (Fsp3) is 0.316. The van der Waals surface area contributed by atoms with Crippen molar-refractivity contribution in [3.05, 3.63) is 65.7 Å². The van der Waals surface area contributed by atoms with Crippen LogP contribution in [-0.4, -0.2) is 11.6 Å². The van der Waals surface area contributed by atoms with Crippen molar-refractivity contribution in [3.8, 4) is 0 Å². The van der Waals surface area contributed by atoms with E-state index in [-0.39, 0.29) is 11.6 Å². The van der Waals surface area contributed by atoms with Crippen molar-refractivity contribution in [1.82, 2.24) is 5.32 Å². The molecule has 2 aromatic carbocycles. The van der Waals surface area contributed by atoms with Gasteiger partial charge in [-0.25, -0.2) is 0 Å². The number of nitrogens with one attached hydrogen (secondary N) is 1. The average Bonchev–Trinajstić information content (AvgIpc) is 3.02. The summed E-state index contributed by atoms with van der Waals surface area (Å²) in [5.41, 5.74) is 2.93. The minimum Gasteiger partial charge on any atom is -0.344 e. The molecule has 3 heteroatoms. The van der Waals surface area contributed by atoms with E-state index in [2.05, 4.69) is 40.5 Å². The van der Waals surface area contributed by atoms with Gasteiger partial charge in [-0.1, -0.05) is 42.5 Å². The molecule has 2 aromatic rings. The third-order valence-corrected chi connectivity index (χ3v) is 4.92. The monoisotopic (exact) mass is 292 g/mol. The van der Waals surface area contributed by atoms with E-state index in [9.17, 15) is 4.79 Å². The standard InChI is InChI=1S/C19H20N2O/c22-18-16-10-4-5-11-17(16)21(14-15-8-2-1-3-9-15)19(20-18)12-6-7-13-19/h1-5,8-11H,6-7,12-14H2,(H,20,22). The molecule has 1 spiro atoms. The molecular formula is C19H20N2O. The Balaban J connectivity index is 1.79. The van der Waals surface area contributed by atoms with E-state index in [1.54, 1.807) is 0 Å². The second-order valence-electron chi connectivity index (χ2n) is 6.28. The molecule has 3 nitrogen and oxygen atoms in total. The zero-order chi connectivity index (χ0) is 15.0. The van der Waals surface area contributed by atoms with E-state index in [0.717, 1.165) is 30.6 Å². The average molecular weight is 292 g/mol. The molecule has 1 aliphatic heterocycles. The van der Waals surface area contributed by atoms with Crippen LogP contribution in [0.25, 0.3) is 0 Å². The first-order chi connectivity index (χ1) is 10.8. The van der Waals surface area contributed by atoms with Gasteiger partial charge in [0.1, 0.15) is 5.66 Å². The van der Waals surface area contributed by atoms with E-state index >= 15 is 0 Å². The van der Waals surface area contributed by atoms with Gasteiger partial charge in [-0.3, -0.25) is 4.79 Å². The van der Waals surface area contributed by atoms with Gasteiger partial charge in [-0.2, -0.15) is 0 Å². The second kappa shape index (κ2) is 5.16. The molecule has 0 aromatic heterocycles. The van der Waals surface area contributed by atoms with Crippen molar-refractivity contribution < 1.29 is 4.79 Å². The summed E-state index contributed by atoms with van der Waals surface area (Å²) in [6.45, 7) is 0.831. The smallest absolute Gasteiger partial charge is 0.255 e. The number of anilines is 1. The van der Waals surface area contributed by atoms with Crippen LogP contribution in [-0.2, 0) is 6.54 Å². The third-order valence-electron chi connectivity index (χ3n) is 4.92. The summed E-state index contributed by atoms with van der Waals surface area (Å²) < 4.78 is 0. The van der Waals surface area contributed by atoms with Crippen LogP contribution in [0.2, 0.25) is 0 Å². The summed E-state index contributed by atoms with van der Waals surface area (Å²) in [6, 6.07) is 18.5. The molecule has 112 valence electrons. The van der Waals surface area contributed by atoms with E-state index in [0.29, 0.717) is 0 Å². The number of carbonyl (C=O) groups excluding carboxylic acids is 1. The Hall–Kier alpha value is -2.29. The van der Waals surface area contributed by atoms with Crippen molar-refractivity contribution in [2.75, 3.05) is 4.90 Å². The molecule has 1 amide bonds. The molecule has 0 atom stereocenters. The number of nitrogens with zero attached hydrogens (tertiary/aromatic N) is 1. The predicted octanol–water partition coefficient (Wildman–Crippen LogP) is 3.71. The van der Waals surface area contributed by atoms with Crippen molar-refractivity contribution in [2.24, 2.45) is 0 Å². The number of carbonyl (C=O) groups is 1. The molecule has 1 saturated carbocycles. The number of amides is 1. The molecule has 1 heterocycles. The van der Waals surface area contributed by atoms with Crippen LogP contribution >= 0.6 is 0 Å². The first kappa shape index (κ1) is 13.4. The van der Waals surface area contributed by atoms with Gasteiger partial charge < -0.3 is 10.2 Å². The van der Waals surface area contributed by atoms with Crippen molar-refractivity contribution in [1.29, 1.82) is 0 Å². The van der Waals surface area contributed by atoms with Gasteiger partial charge in [0.2, 0.25) is 0 Å². The molecule has 22 heavy (non-hydrogen) atoms. The van der Waals surface area contributed by atoms with Crippen molar-refractivity contribution in [2.45, 2.75) is 37.9 Å². The van der Waals surface area contributed by atoms with Crippen LogP contribution in [0, 0.1) is 0 Å². The Morgan fingerprint density at radius 1 is 0.955 bits per heavy atom. The predicted molar refractivity (Wildman–Crippen MR) is 87.7 cm³/mol. The lowest BCUT2D eigenvalue weighted by Gasteiger charge is -2.47. The van der Waals surface area contributed by atoms with E-state index in [4.69, 9.17) is 0 Å². The SMILES string of the molecule is O=C1NC2(CCCC2)N(Cc2ccccc2)c2ccccc21. The maximum absolute atomic E-state index is 12.5. The topological polar surface area (TPSA) is 32.3 Å². The zero-order valence-corrected chi connectivity index (χ0v) is 12.6. The van der Waals surface area contributed by atoms with Gasteiger partial charge >= 0.3 is 0 Å². The number of para-hydroxylation sites is 1. The molecule has 1 fully saturated rings. The third kappa shape index (κ3) is 2.08. The quantitative estimate of drug-likeness (QED) is 0.915. The van der Waals surface area contributed by atoms with Crippen molar-refractivity contribution in [3.63, 3.8) is 0 Å². The highest BCUT2D eigenvalue weighted by molar-refractivity contribution is 6.02. The molecule has 0 saturated heterocycles. The van der Waals surface area contributed by atoms with Crippen molar-refractivity contribution >= 4 is 11.6 Å². The first-order valence-electron chi connectivity index (χ1n) is 8.02. The normalized spacial score (nSPS) is 19.1. The van der Waals surface area contributed by atoms with Crippen LogP contribution in [0.3, 0.4) is 0 Å². The molecular weight excluding hydrogens is 272 g/mol. The first-order valence-corrected chi connectivity index (χ1v) is 8.02. The Labute approximate surface area is 131 Å². The summed E-state index contributed by atoms with van der Waals surface area (Å²) in [5.74, 6) is 0.0711. The minimum absolute atomic E-state index is 0.0711. The fourth-order valence-electron chi connectivity index (χ4n) is 3.84. The number of hydrogen-bond acceptors (Lipinski definition) is 2. The van der Waals surface area contributed by atoms with Crippen LogP contribution < -0.4 is 10.2 Å². The Morgan fingerprint density at radius 2 is 1.64 bits per heavy atom. The van der Waals surface area contributed by atoms with Crippen LogP contribution in [0.15, 0.2) is 54.6 Å². The molecule has 0 unspecified atom stereocenters. The summed E-state index contributed by atoms with van der Waals surface area (Å²) in [6.07, 6.45) is 4.40. The number of rotatable bonds is 2. The molecule has 1 N–H and O–H groups in total.